The first-order valence-electron chi connectivity index (χ1n) is 5.34. The van der Waals surface area contributed by atoms with E-state index in [9.17, 15) is 13.6 Å². The molecule has 94 valence electrons. The molecule has 0 fully saturated rings. The van der Waals surface area contributed by atoms with Crippen molar-refractivity contribution in [3.8, 4) is 0 Å². The average molecular weight is 243 g/mol. The largest absolute Gasteiger partial charge is 0.397 e. The van der Waals surface area contributed by atoms with Crippen LogP contribution in [0.3, 0.4) is 0 Å². The van der Waals surface area contributed by atoms with Crippen molar-refractivity contribution in [3.05, 3.63) is 23.8 Å². The molecule has 4 nitrogen and oxygen atoms in total. The number of benzene rings is 1. The summed E-state index contributed by atoms with van der Waals surface area (Å²) in [6, 6.07) is 1.50. The van der Waals surface area contributed by atoms with Gasteiger partial charge < -0.3 is 16.4 Å². The molecule has 0 spiro atoms. The molecule has 1 aromatic carbocycles. The van der Waals surface area contributed by atoms with E-state index in [2.05, 4.69) is 10.6 Å². The molecular weight excluding hydrogens is 228 g/mol. The monoisotopic (exact) mass is 243 g/mol. The molecule has 0 saturated heterocycles. The summed E-state index contributed by atoms with van der Waals surface area (Å²) in [6.45, 7) is 2.45. The first kappa shape index (κ1) is 13.2. The van der Waals surface area contributed by atoms with Crippen molar-refractivity contribution >= 4 is 17.4 Å². The Morgan fingerprint density at radius 1 is 1.41 bits per heavy atom. The maximum Gasteiger partial charge on any atom is 0.319 e. The number of rotatable bonds is 4. The van der Waals surface area contributed by atoms with Crippen molar-refractivity contribution in [1.82, 2.24) is 5.32 Å². The van der Waals surface area contributed by atoms with Gasteiger partial charge in [0.15, 0.2) is 11.6 Å². The SMILES string of the molecule is CCCCNC(=O)Nc1c(N)ccc(F)c1F. The number of anilines is 2. The molecule has 0 unspecified atom stereocenters. The third-order valence-electron chi connectivity index (χ3n) is 2.18. The number of hydrogen-bond donors (Lipinski definition) is 3. The van der Waals surface area contributed by atoms with Gasteiger partial charge in [-0.05, 0) is 18.6 Å². The maximum atomic E-state index is 13.3. The van der Waals surface area contributed by atoms with Crippen LogP contribution >= 0.6 is 0 Å². The van der Waals surface area contributed by atoms with Gasteiger partial charge in [0.2, 0.25) is 0 Å². The fourth-order valence-electron chi connectivity index (χ4n) is 1.23. The zero-order valence-electron chi connectivity index (χ0n) is 9.52. The molecule has 0 aliphatic rings. The summed E-state index contributed by atoms with van der Waals surface area (Å²) in [6.07, 6.45) is 1.74. The van der Waals surface area contributed by atoms with Crippen LogP contribution in [0.2, 0.25) is 0 Å². The molecule has 6 heteroatoms. The van der Waals surface area contributed by atoms with Crippen LogP contribution in [-0.2, 0) is 0 Å². The van der Waals surface area contributed by atoms with E-state index in [0.29, 0.717) is 6.54 Å². The Bertz CT molecular complexity index is 410. The number of nitrogen functional groups attached to an aromatic ring is 1. The van der Waals surface area contributed by atoms with Crippen molar-refractivity contribution in [3.63, 3.8) is 0 Å². The van der Waals surface area contributed by atoms with Gasteiger partial charge in [0.25, 0.3) is 0 Å². The van der Waals surface area contributed by atoms with Gasteiger partial charge >= 0.3 is 6.03 Å². The Morgan fingerprint density at radius 2 is 2.12 bits per heavy atom. The smallest absolute Gasteiger partial charge is 0.319 e. The number of urea groups is 1. The lowest BCUT2D eigenvalue weighted by molar-refractivity contribution is 0.252. The van der Waals surface area contributed by atoms with Crippen molar-refractivity contribution in [1.29, 1.82) is 0 Å². The standard InChI is InChI=1S/C11H15F2N3O/c1-2-3-6-15-11(17)16-10-8(14)5-4-7(12)9(10)13/h4-5H,2-3,6,14H2,1H3,(H2,15,16,17). The number of nitrogens with one attached hydrogen (secondary N) is 2. The van der Waals surface area contributed by atoms with Gasteiger partial charge in [-0.2, -0.15) is 0 Å². The number of carbonyl (C=O) groups is 1. The molecule has 0 aliphatic heterocycles. The van der Waals surface area contributed by atoms with Crippen LogP contribution in [0.4, 0.5) is 25.0 Å². The Kier molecular flexibility index (Phi) is 4.68. The fraction of sp³-hybridized carbons (Fsp3) is 0.364. The highest BCUT2D eigenvalue weighted by atomic mass is 19.2. The number of carbonyl (C=O) groups excluding carboxylic acids is 1. The molecule has 0 bridgehead atoms. The Balaban J connectivity index is 2.68. The Labute approximate surface area is 98.2 Å². The summed E-state index contributed by atoms with van der Waals surface area (Å²) in [4.78, 5) is 11.3. The van der Waals surface area contributed by atoms with Gasteiger partial charge in [-0.15, -0.1) is 0 Å². The molecule has 0 atom stereocenters. The van der Waals surface area contributed by atoms with Crippen molar-refractivity contribution in [2.24, 2.45) is 0 Å². The minimum Gasteiger partial charge on any atom is -0.397 e. The quantitative estimate of drug-likeness (QED) is 0.561. The summed E-state index contributed by atoms with van der Waals surface area (Å²) >= 11 is 0. The number of nitrogens with two attached hydrogens (primary N) is 1. The predicted molar refractivity (Wildman–Crippen MR) is 62.7 cm³/mol. The Morgan fingerprint density at radius 3 is 2.76 bits per heavy atom. The molecule has 0 aliphatic carbocycles. The van der Waals surface area contributed by atoms with E-state index in [1.807, 2.05) is 6.92 Å². The normalized spacial score (nSPS) is 10.1. The predicted octanol–water partition coefficient (Wildman–Crippen LogP) is 2.47. The summed E-state index contributed by atoms with van der Waals surface area (Å²) in [5, 5.41) is 4.70. The fourth-order valence-corrected chi connectivity index (χ4v) is 1.23. The number of amides is 2. The van der Waals surface area contributed by atoms with E-state index >= 15 is 0 Å². The van der Waals surface area contributed by atoms with Crippen molar-refractivity contribution in [2.75, 3.05) is 17.6 Å². The summed E-state index contributed by atoms with van der Waals surface area (Å²) in [5.41, 5.74) is 5.09. The van der Waals surface area contributed by atoms with Crippen LogP contribution in [0, 0.1) is 11.6 Å². The molecule has 1 rings (SSSR count). The van der Waals surface area contributed by atoms with Gasteiger partial charge in [-0.3, -0.25) is 0 Å². The van der Waals surface area contributed by atoms with E-state index in [1.54, 1.807) is 0 Å². The van der Waals surface area contributed by atoms with E-state index < -0.39 is 17.7 Å². The van der Waals surface area contributed by atoms with E-state index in [-0.39, 0.29) is 11.4 Å². The topological polar surface area (TPSA) is 67.2 Å². The lowest BCUT2D eigenvalue weighted by Gasteiger charge is -2.10. The van der Waals surface area contributed by atoms with Gasteiger partial charge in [0.05, 0.1) is 5.69 Å². The molecule has 2 amide bonds. The third kappa shape index (κ3) is 3.58. The van der Waals surface area contributed by atoms with E-state index in [4.69, 9.17) is 5.73 Å². The van der Waals surface area contributed by atoms with Crippen LogP contribution in [0.1, 0.15) is 19.8 Å². The van der Waals surface area contributed by atoms with Crippen molar-refractivity contribution < 1.29 is 13.6 Å². The highest BCUT2D eigenvalue weighted by molar-refractivity contribution is 5.92. The summed E-state index contributed by atoms with van der Waals surface area (Å²) in [7, 11) is 0. The zero-order chi connectivity index (χ0) is 12.8. The van der Waals surface area contributed by atoms with Gasteiger partial charge in [-0.1, -0.05) is 13.3 Å². The zero-order valence-corrected chi connectivity index (χ0v) is 9.52. The molecule has 1 aromatic rings. The third-order valence-corrected chi connectivity index (χ3v) is 2.18. The van der Waals surface area contributed by atoms with Gasteiger partial charge in [-0.25, -0.2) is 13.6 Å². The highest BCUT2D eigenvalue weighted by Gasteiger charge is 2.13. The second kappa shape index (κ2) is 6.03. The van der Waals surface area contributed by atoms with Crippen LogP contribution in [-0.4, -0.2) is 12.6 Å². The maximum absolute atomic E-state index is 13.3. The van der Waals surface area contributed by atoms with E-state index in [1.165, 1.54) is 6.07 Å². The minimum absolute atomic E-state index is 0.0189. The van der Waals surface area contributed by atoms with Gasteiger partial charge in [0.1, 0.15) is 5.69 Å². The van der Waals surface area contributed by atoms with Gasteiger partial charge in [0, 0.05) is 6.54 Å². The highest BCUT2D eigenvalue weighted by Crippen LogP contribution is 2.24. The second-order valence-corrected chi connectivity index (χ2v) is 3.56. The van der Waals surface area contributed by atoms with Crippen molar-refractivity contribution in [2.45, 2.75) is 19.8 Å². The molecule has 0 aromatic heterocycles. The number of halogens is 2. The van der Waals surface area contributed by atoms with Crippen LogP contribution in [0.5, 0.6) is 0 Å². The molecular formula is C11H15F2N3O. The summed E-state index contributed by atoms with van der Waals surface area (Å²) < 4.78 is 26.2. The minimum atomic E-state index is -1.16. The molecule has 4 N–H and O–H groups in total. The van der Waals surface area contributed by atoms with Crippen LogP contribution < -0.4 is 16.4 Å². The molecule has 17 heavy (non-hydrogen) atoms. The molecule has 0 heterocycles. The lowest BCUT2D eigenvalue weighted by Crippen LogP contribution is -2.30. The Hall–Kier alpha value is -1.85. The number of unbranched alkanes of at least 4 members (excludes halogenated alkanes) is 1. The van der Waals surface area contributed by atoms with E-state index in [0.717, 1.165) is 18.9 Å². The molecule has 0 saturated carbocycles. The second-order valence-electron chi connectivity index (χ2n) is 3.56. The summed E-state index contributed by atoms with van der Waals surface area (Å²) in [5.74, 6) is -2.21. The average Bonchev–Trinajstić information content (AvgIpc) is 2.30. The molecule has 0 radical (unpaired) electrons. The number of hydrogen-bond acceptors (Lipinski definition) is 2. The lowest BCUT2D eigenvalue weighted by atomic mass is 10.2. The first-order valence-corrected chi connectivity index (χ1v) is 5.34. The first-order chi connectivity index (χ1) is 8.06. The van der Waals surface area contributed by atoms with Crippen LogP contribution in [0.15, 0.2) is 12.1 Å². The van der Waals surface area contributed by atoms with Crippen LogP contribution in [0.25, 0.3) is 0 Å².